The van der Waals surface area contributed by atoms with Crippen LogP contribution in [0.15, 0.2) is 72.8 Å². The summed E-state index contributed by atoms with van der Waals surface area (Å²) in [5.74, 6) is -6.85. The molecular formula is C52H70N8O12S. The molecule has 2 aliphatic heterocycles. The summed E-state index contributed by atoms with van der Waals surface area (Å²) in [7, 11) is 0. The van der Waals surface area contributed by atoms with Gasteiger partial charge in [0.25, 0.3) is 0 Å². The third kappa shape index (κ3) is 20.5. The van der Waals surface area contributed by atoms with E-state index in [9.17, 15) is 58.5 Å². The first-order valence-electron chi connectivity index (χ1n) is 24.7. The van der Waals surface area contributed by atoms with Gasteiger partial charge in [0.2, 0.25) is 47.3 Å². The maximum absolute atomic E-state index is 14.7. The van der Waals surface area contributed by atoms with E-state index in [1.54, 1.807) is 38.1 Å². The van der Waals surface area contributed by atoms with Crippen LogP contribution in [-0.2, 0) is 62.4 Å². The van der Waals surface area contributed by atoms with Gasteiger partial charge in [-0.05, 0) is 91.1 Å². The molecule has 5 rings (SSSR count). The lowest BCUT2D eigenvalue weighted by atomic mass is 9.96. The van der Waals surface area contributed by atoms with Crippen LogP contribution < -0.4 is 42.5 Å². The van der Waals surface area contributed by atoms with Crippen LogP contribution in [0.25, 0.3) is 0 Å². The van der Waals surface area contributed by atoms with E-state index in [4.69, 9.17) is 0 Å². The Hall–Kier alpha value is -7.16. The van der Waals surface area contributed by atoms with E-state index >= 15 is 0 Å². The summed E-state index contributed by atoms with van der Waals surface area (Å²) in [5.41, 5.74) is 2.01. The quantitative estimate of drug-likeness (QED) is 0.0870. The molecule has 7 atom stereocenters. The molecule has 21 heteroatoms. The highest BCUT2D eigenvalue weighted by atomic mass is 32.1. The minimum absolute atomic E-state index is 0.0194. The van der Waals surface area contributed by atoms with Crippen molar-refractivity contribution >= 4 is 71.5 Å². The summed E-state index contributed by atoms with van der Waals surface area (Å²) in [4.78, 5) is 121. The molecule has 0 aliphatic carbocycles. The topological polar surface area (TPSA) is 311 Å². The number of thiol groups is 1. The molecule has 0 radical (unpaired) electrons. The van der Waals surface area contributed by atoms with Crippen LogP contribution in [0.1, 0.15) is 102 Å². The lowest BCUT2D eigenvalue weighted by molar-refractivity contribution is -0.142. The van der Waals surface area contributed by atoms with Gasteiger partial charge in [-0.1, -0.05) is 69.5 Å². The number of nitrogens with one attached hydrogen (secondary N) is 8. The van der Waals surface area contributed by atoms with Crippen LogP contribution in [0.3, 0.4) is 0 Å². The number of phenolic OH excluding ortho intramolecular Hbond substituents is 2. The van der Waals surface area contributed by atoms with E-state index in [1.165, 1.54) is 55.5 Å². The molecule has 0 saturated heterocycles. The number of amides is 8. The molecule has 8 amide bonds. The Balaban J connectivity index is 1.71. The molecule has 396 valence electrons. The Kier molecular flexibility index (Phi) is 24.0. The van der Waals surface area contributed by atoms with Gasteiger partial charge in [0.1, 0.15) is 47.8 Å². The van der Waals surface area contributed by atoms with E-state index < -0.39 is 83.6 Å². The molecule has 3 aromatic carbocycles. The predicted octanol–water partition coefficient (Wildman–Crippen LogP) is 2.69. The number of carbonyl (C=O) groups is 9. The Morgan fingerprint density at radius 2 is 1.26 bits per heavy atom. The van der Waals surface area contributed by atoms with E-state index in [1.807, 2.05) is 0 Å². The molecule has 20 nitrogen and oxygen atoms in total. The Morgan fingerprint density at radius 1 is 0.685 bits per heavy atom. The average Bonchev–Trinajstić information content (AvgIpc) is 3.35. The highest BCUT2D eigenvalue weighted by Gasteiger charge is 2.35. The van der Waals surface area contributed by atoms with Crippen molar-refractivity contribution in [2.24, 2.45) is 5.92 Å². The van der Waals surface area contributed by atoms with Gasteiger partial charge in [-0.2, -0.15) is 12.6 Å². The van der Waals surface area contributed by atoms with E-state index in [0.29, 0.717) is 48.1 Å². The van der Waals surface area contributed by atoms with Crippen LogP contribution in [-0.4, -0.2) is 117 Å². The largest absolute Gasteiger partial charge is 0.508 e. The Bertz CT molecular complexity index is 2350. The third-order valence-corrected chi connectivity index (χ3v) is 12.8. The highest BCUT2D eigenvalue weighted by molar-refractivity contribution is 7.80. The average molecular weight is 1030 g/mol. The van der Waals surface area contributed by atoms with Crippen LogP contribution in [0, 0.1) is 5.92 Å². The van der Waals surface area contributed by atoms with Gasteiger partial charge in [0.05, 0.1) is 0 Å². The van der Waals surface area contributed by atoms with Crippen molar-refractivity contribution in [2.45, 2.75) is 140 Å². The number of carboxylic acids is 1. The molecule has 11 N–H and O–H groups in total. The number of fused-ring (bicyclic) bond motifs is 20. The minimum Gasteiger partial charge on any atom is -0.508 e. The molecule has 0 unspecified atom stereocenters. The summed E-state index contributed by atoms with van der Waals surface area (Å²) < 4.78 is 0. The molecule has 2 heterocycles. The number of carbonyl (C=O) groups excluding carboxylic acids is 8. The fourth-order valence-corrected chi connectivity index (χ4v) is 8.25. The number of aromatic hydroxyl groups is 2. The van der Waals surface area contributed by atoms with Crippen molar-refractivity contribution in [3.05, 3.63) is 89.5 Å². The van der Waals surface area contributed by atoms with Gasteiger partial charge in [-0.15, -0.1) is 0 Å². The number of anilines is 1. The number of phenols is 2. The van der Waals surface area contributed by atoms with E-state index in [0.717, 1.165) is 12.8 Å². The van der Waals surface area contributed by atoms with E-state index in [-0.39, 0.29) is 80.6 Å². The van der Waals surface area contributed by atoms with Gasteiger partial charge >= 0.3 is 5.97 Å². The van der Waals surface area contributed by atoms with Crippen LogP contribution >= 0.6 is 12.6 Å². The van der Waals surface area contributed by atoms with Crippen molar-refractivity contribution in [2.75, 3.05) is 17.6 Å². The molecule has 2 aliphatic rings. The van der Waals surface area contributed by atoms with Crippen molar-refractivity contribution in [3.8, 4) is 11.5 Å². The van der Waals surface area contributed by atoms with Crippen molar-refractivity contribution in [3.63, 3.8) is 0 Å². The maximum atomic E-state index is 14.7. The number of hydrogen-bond acceptors (Lipinski definition) is 12. The van der Waals surface area contributed by atoms with E-state index in [2.05, 4.69) is 55.2 Å². The zero-order chi connectivity index (χ0) is 53.5. The van der Waals surface area contributed by atoms with Gasteiger partial charge in [0, 0.05) is 57.0 Å². The SMILES string of the molecule is CC[C@H](C)[C@H](NC(=O)[C@H](CS)NC(C)=O)C(=O)N[C@H]1Cc2ccc(cc2)NC(=O)CCCCCCC(=O)NCCCC[C@@H](C(=O)N[C@@H](Cc2ccc(O)cc2)C(=O)N[C@@H](Cc2ccc(O)cc2)C(=O)O)NC1=O. The van der Waals surface area contributed by atoms with Crippen LogP contribution in [0.2, 0.25) is 0 Å². The number of carboxylic acid groups (broad SMARTS) is 1. The standard InChI is InChI=1S/C52H70N8O12S/c1-4-31(2)46(60-50(69)43(30-73)54-32(3)61)51(70)58-41-27-33-14-20-36(21-15-33)55-45(65)13-8-6-5-7-12-44(64)53-26-10-9-11-39(56-48(41)67)47(66)57-40(28-34-16-22-37(62)23-17-34)49(68)59-42(52(71)72)29-35-18-24-38(63)25-19-35/h14-25,31,39-43,46,62-63,73H,4-13,26-30H2,1-3H3,(H,53,64)(H,54,61)(H,55,65)(H,56,67)(H,57,66)(H,58,70)(H,59,68)(H,60,69)(H,71,72)/t31-,39-,40-,41-,42-,43-,46-/m0/s1. The molecular weight excluding hydrogens is 961 g/mol. The molecule has 0 spiro atoms. The van der Waals surface area contributed by atoms with Crippen LogP contribution in [0.4, 0.5) is 5.69 Å². The second-order valence-electron chi connectivity index (χ2n) is 18.3. The van der Waals surface area contributed by atoms with Crippen molar-refractivity contribution in [1.82, 2.24) is 37.2 Å². The second-order valence-corrected chi connectivity index (χ2v) is 18.7. The normalized spacial score (nSPS) is 18.4. The van der Waals surface area contributed by atoms with Gasteiger partial charge < -0.3 is 57.9 Å². The Morgan fingerprint density at radius 3 is 1.82 bits per heavy atom. The van der Waals surface area contributed by atoms with Crippen LogP contribution in [0.5, 0.6) is 11.5 Å². The van der Waals surface area contributed by atoms with Gasteiger partial charge in [-0.25, -0.2) is 4.79 Å². The fourth-order valence-electron chi connectivity index (χ4n) is 7.99. The number of hydrogen-bond donors (Lipinski definition) is 12. The predicted molar refractivity (Wildman–Crippen MR) is 275 cm³/mol. The highest BCUT2D eigenvalue weighted by Crippen LogP contribution is 2.18. The fraction of sp³-hybridized carbons (Fsp3) is 0.481. The summed E-state index contributed by atoms with van der Waals surface area (Å²) in [6.07, 6.45) is 3.88. The summed E-state index contributed by atoms with van der Waals surface area (Å²) in [5, 5.41) is 51.6. The monoisotopic (exact) mass is 1030 g/mol. The van der Waals surface area contributed by atoms with Crippen molar-refractivity contribution < 1.29 is 58.5 Å². The maximum Gasteiger partial charge on any atom is 0.326 e. The lowest BCUT2D eigenvalue weighted by Crippen LogP contribution is -2.61. The summed E-state index contributed by atoms with van der Waals surface area (Å²) in [6.45, 7) is 5.02. The summed E-state index contributed by atoms with van der Waals surface area (Å²) >= 11 is 4.19. The summed E-state index contributed by atoms with van der Waals surface area (Å²) in [6, 6.07) is 10.3. The zero-order valence-electron chi connectivity index (χ0n) is 41.5. The Labute approximate surface area is 430 Å². The molecule has 2 bridgehead atoms. The molecule has 0 aromatic heterocycles. The number of benzene rings is 3. The number of aliphatic carboxylic acids is 1. The smallest absolute Gasteiger partial charge is 0.326 e. The molecule has 73 heavy (non-hydrogen) atoms. The molecule has 3 aromatic rings. The number of rotatable bonds is 17. The molecule has 0 saturated carbocycles. The third-order valence-electron chi connectivity index (χ3n) is 12.4. The first kappa shape index (κ1) is 58.4. The second kappa shape index (κ2) is 30.0. The first-order valence-corrected chi connectivity index (χ1v) is 25.3. The molecule has 0 fully saturated rings. The first-order chi connectivity index (χ1) is 34.8. The zero-order valence-corrected chi connectivity index (χ0v) is 42.4. The van der Waals surface area contributed by atoms with Gasteiger partial charge in [0.15, 0.2) is 0 Å². The van der Waals surface area contributed by atoms with Gasteiger partial charge in [-0.3, -0.25) is 38.4 Å². The minimum atomic E-state index is -1.47. The lowest BCUT2D eigenvalue weighted by Gasteiger charge is -2.29. The van der Waals surface area contributed by atoms with Crippen molar-refractivity contribution in [1.29, 1.82) is 0 Å².